The van der Waals surface area contributed by atoms with Gasteiger partial charge in [-0.25, -0.2) is 14.5 Å². The Morgan fingerprint density at radius 1 is 1.10 bits per heavy atom. The second kappa shape index (κ2) is 8.26. The van der Waals surface area contributed by atoms with E-state index in [-0.39, 0.29) is 5.91 Å². The molecule has 1 aliphatic heterocycles. The van der Waals surface area contributed by atoms with E-state index in [1.54, 1.807) is 35.0 Å². The first-order valence-corrected chi connectivity index (χ1v) is 9.58. The fraction of sp³-hybridized carbons (Fsp3) is 0.273. The van der Waals surface area contributed by atoms with Gasteiger partial charge in [-0.1, -0.05) is 36.4 Å². The summed E-state index contributed by atoms with van der Waals surface area (Å²) >= 11 is 0. The highest BCUT2D eigenvalue weighted by Gasteiger charge is 2.27. The van der Waals surface area contributed by atoms with Gasteiger partial charge in [-0.15, -0.1) is 0 Å². The maximum atomic E-state index is 12.7. The number of aromatic nitrogens is 3. The summed E-state index contributed by atoms with van der Waals surface area (Å²) in [4.78, 5) is 30.8. The van der Waals surface area contributed by atoms with E-state index in [1.165, 1.54) is 11.9 Å². The van der Waals surface area contributed by atoms with E-state index in [0.29, 0.717) is 25.2 Å². The highest BCUT2D eigenvalue weighted by Crippen LogP contribution is 2.20. The third-order valence-electron chi connectivity index (χ3n) is 5.07. The Kier molecular flexibility index (Phi) is 5.37. The van der Waals surface area contributed by atoms with Gasteiger partial charge in [-0.3, -0.25) is 4.79 Å². The number of rotatable bonds is 5. The molecule has 0 saturated heterocycles. The Bertz CT molecular complexity index is 999. The molecule has 0 saturated carbocycles. The van der Waals surface area contributed by atoms with Gasteiger partial charge in [0.2, 0.25) is 0 Å². The van der Waals surface area contributed by atoms with Crippen molar-refractivity contribution < 1.29 is 14.3 Å². The molecule has 0 fully saturated rings. The van der Waals surface area contributed by atoms with Gasteiger partial charge in [0.05, 0.1) is 12.1 Å². The first kappa shape index (κ1) is 18.9. The van der Waals surface area contributed by atoms with Crippen LogP contribution in [0.25, 0.3) is 0 Å². The Balaban J connectivity index is 1.35. The van der Waals surface area contributed by atoms with Crippen LogP contribution in [0.3, 0.4) is 0 Å². The van der Waals surface area contributed by atoms with Gasteiger partial charge in [0.1, 0.15) is 12.7 Å². The second-order valence-corrected chi connectivity index (χ2v) is 7.12. The van der Waals surface area contributed by atoms with Crippen molar-refractivity contribution in [3.05, 3.63) is 83.4 Å². The largest absolute Gasteiger partial charge is 0.449 e. The predicted molar refractivity (Wildman–Crippen MR) is 106 cm³/mol. The first-order valence-electron chi connectivity index (χ1n) is 9.58. The monoisotopic (exact) mass is 390 g/mol. The molecule has 4 rings (SSSR count). The number of ether oxygens (including phenoxy) is 1. The summed E-state index contributed by atoms with van der Waals surface area (Å²) in [6.07, 6.45) is 3.09. The lowest BCUT2D eigenvalue weighted by Gasteiger charge is -2.30. The average Bonchev–Trinajstić information content (AvgIpc) is 3.26. The Hall–Kier alpha value is -3.48. The maximum absolute atomic E-state index is 12.7. The van der Waals surface area contributed by atoms with E-state index in [1.807, 2.05) is 30.3 Å². The molecule has 3 aromatic rings. The molecule has 2 heterocycles. The van der Waals surface area contributed by atoms with Crippen molar-refractivity contribution in [1.29, 1.82) is 0 Å². The Morgan fingerprint density at radius 3 is 2.59 bits per heavy atom. The van der Waals surface area contributed by atoms with Crippen LogP contribution in [-0.4, -0.2) is 44.2 Å². The highest BCUT2D eigenvalue weighted by atomic mass is 16.5. The summed E-state index contributed by atoms with van der Waals surface area (Å²) in [6, 6.07) is 15.2. The normalized spacial score (nSPS) is 14.2. The Morgan fingerprint density at radius 2 is 1.86 bits per heavy atom. The molecule has 7 nitrogen and oxygen atoms in total. The molecule has 0 N–H and O–H groups in total. The molecule has 2 aromatic carbocycles. The number of hydrogen-bond acceptors (Lipinski definition) is 5. The van der Waals surface area contributed by atoms with Crippen LogP contribution in [0, 0.1) is 0 Å². The number of benzene rings is 2. The summed E-state index contributed by atoms with van der Waals surface area (Å²) in [5, 5.41) is 4.06. The minimum atomic E-state index is -0.831. The lowest BCUT2D eigenvalue weighted by molar-refractivity contribution is -0.140. The molecule has 29 heavy (non-hydrogen) atoms. The molecule has 0 bridgehead atoms. The van der Waals surface area contributed by atoms with Crippen LogP contribution >= 0.6 is 0 Å². The van der Waals surface area contributed by atoms with Crippen molar-refractivity contribution in [2.75, 3.05) is 6.54 Å². The van der Waals surface area contributed by atoms with Crippen molar-refractivity contribution in [3.8, 4) is 0 Å². The van der Waals surface area contributed by atoms with E-state index in [2.05, 4.69) is 16.1 Å². The van der Waals surface area contributed by atoms with Crippen LogP contribution in [0.15, 0.2) is 61.2 Å². The number of carbonyl (C=O) groups is 2. The van der Waals surface area contributed by atoms with Gasteiger partial charge in [-0.2, -0.15) is 5.10 Å². The van der Waals surface area contributed by atoms with Crippen molar-refractivity contribution in [1.82, 2.24) is 19.7 Å². The van der Waals surface area contributed by atoms with Crippen LogP contribution < -0.4 is 0 Å². The minimum Gasteiger partial charge on any atom is -0.449 e. The van der Waals surface area contributed by atoms with E-state index in [9.17, 15) is 9.59 Å². The van der Waals surface area contributed by atoms with Gasteiger partial charge in [-0.05, 0) is 42.2 Å². The molecule has 1 amide bonds. The van der Waals surface area contributed by atoms with Crippen LogP contribution in [-0.2, 0) is 29.0 Å². The zero-order valence-corrected chi connectivity index (χ0v) is 16.2. The molecule has 148 valence electrons. The fourth-order valence-electron chi connectivity index (χ4n) is 3.47. The number of carbonyl (C=O) groups excluding carboxylic acids is 2. The molecule has 1 atom stereocenters. The number of hydrogen-bond donors (Lipinski definition) is 0. The smallest absolute Gasteiger partial charge is 0.338 e. The fourth-order valence-corrected chi connectivity index (χ4v) is 3.47. The lowest BCUT2D eigenvalue weighted by atomic mass is 9.99. The van der Waals surface area contributed by atoms with Crippen LogP contribution in [0.4, 0.5) is 0 Å². The molecule has 0 aliphatic carbocycles. The number of fused-ring (bicyclic) bond motifs is 1. The Labute approximate surface area is 168 Å². The van der Waals surface area contributed by atoms with Crippen molar-refractivity contribution in [3.63, 3.8) is 0 Å². The van der Waals surface area contributed by atoms with Gasteiger partial charge in [0.15, 0.2) is 6.10 Å². The highest BCUT2D eigenvalue weighted by molar-refractivity contribution is 5.92. The zero-order valence-electron chi connectivity index (χ0n) is 16.2. The lowest BCUT2D eigenvalue weighted by Crippen LogP contribution is -2.42. The molecular formula is C22H22N4O3. The van der Waals surface area contributed by atoms with Crippen molar-refractivity contribution >= 4 is 11.9 Å². The van der Waals surface area contributed by atoms with E-state index >= 15 is 0 Å². The quantitative estimate of drug-likeness (QED) is 0.626. The third kappa shape index (κ3) is 4.34. The molecule has 1 aromatic heterocycles. The molecule has 0 spiro atoms. The van der Waals surface area contributed by atoms with Gasteiger partial charge in [0.25, 0.3) is 5.91 Å². The summed E-state index contributed by atoms with van der Waals surface area (Å²) in [5.74, 6) is -0.675. The first-order chi connectivity index (χ1) is 14.1. The van der Waals surface area contributed by atoms with Gasteiger partial charge < -0.3 is 9.64 Å². The van der Waals surface area contributed by atoms with Gasteiger partial charge >= 0.3 is 5.97 Å². The second-order valence-electron chi connectivity index (χ2n) is 7.12. The molecule has 0 radical (unpaired) electrons. The summed E-state index contributed by atoms with van der Waals surface area (Å²) in [7, 11) is 0. The summed E-state index contributed by atoms with van der Waals surface area (Å²) in [6.45, 7) is 3.38. The number of nitrogens with zero attached hydrogens (tertiary/aromatic N) is 4. The standard InChI is InChI=1S/C22H22N4O3/c1-16(21(27)25-11-10-18-4-2-3-5-20(18)13-25)29-22(28)19-8-6-17(7-9-19)12-26-15-23-14-24-26/h2-9,14-16H,10-13H2,1H3/t16-/m0/s1. The summed E-state index contributed by atoms with van der Waals surface area (Å²) < 4.78 is 7.13. The maximum Gasteiger partial charge on any atom is 0.338 e. The van der Waals surface area contributed by atoms with Crippen molar-refractivity contribution in [2.24, 2.45) is 0 Å². The molecule has 7 heteroatoms. The van der Waals surface area contributed by atoms with Gasteiger partial charge in [0, 0.05) is 13.1 Å². The third-order valence-corrected chi connectivity index (χ3v) is 5.07. The average molecular weight is 390 g/mol. The topological polar surface area (TPSA) is 77.3 Å². The van der Waals surface area contributed by atoms with E-state index < -0.39 is 12.1 Å². The molecule has 0 unspecified atom stereocenters. The van der Waals surface area contributed by atoms with E-state index in [4.69, 9.17) is 4.74 Å². The summed E-state index contributed by atoms with van der Waals surface area (Å²) in [5.41, 5.74) is 3.82. The molecular weight excluding hydrogens is 368 g/mol. The van der Waals surface area contributed by atoms with Crippen molar-refractivity contribution in [2.45, 2.75) is 32.5 Å². The molecule has 1 aliphatic rings. The van der Waals surface area contributed by atoms with Crippen LogP contribution in [0.2, 0.25) is 0 Å². The number of esters is 1. The zero-order chi connectivity index (χ0) is 20.2. The SMILES string of the molecule is C[C@H](OC(=O)c1ccc(Cn2cncn2)cc1)C(=O)N1CCc2ccccc2C1. The minimum absolute atomic E-state index is 0.171. The van der Waals surface area contributed by atoms with Crippen LogP contribution in [0.5, 0.6) is 0 Å². The predicted octanol–water partition coefficient (Wildman–Crippen LogP) is 2.46. The van der Waals surface area contributed by atoms with Crippen LogP contribution in [0.1, 0.15) is 34.0 Å². The number of amides is 1. The van der Waals surface area contributed by atoms with E-state index in [0.717, 1.165) is 17.5 Å².